The fraction of sp³-hybridized carbons (Fsp3) is 0. The molecule has 3 nitrogen and oxygen atoms in total. The standard InChI is InChI=1S/BBrO3.Pb/c2-5-1(3)4;/q-2;+2. The molecule has 0 aliphatic heterocycles. The summed E-state index contributed by atoms with van der Waals surface area (Å²) >= 11 is 2.19. The Morgan fingerprint density at radius 1 is 1.50 bits per heavy atom. The molecular formula is BBrO3Pb. The van der Waals surface area contributed by atoms with E-state index in [2.05, 4.69) is 20.0 Å². The van der Waals surface area contributed by atoms with Gasteiger partial charge < -0.3 is 13.8 Å². The summed E-state index contributed by atoms with van der Waals surface area (Å²) < 4.78 is 3.45. The van der Waals surface area contributed by atoms with Gasteiger partial charge in [0.25, 0.3) is 0 Å². The molecule has 0 spiro atoms. The molecule has 2 radical (unpaired) electrons. The Morgan fingerprint density at radius 2 is 1.67 bits per heavy atom. The molecular weight excluding hydrogens is 346 g/mol. The summed E-state index contributed by atoms with van der Waals surface area (Å²) in [5.74, 6) is 0. The van der Waals surface area contributed by atoms with Crippen molar-refractivity contribution in [3.63, 3.8) is 0 Å². The molecule has 0 aromatic rings. The third kappa shape index (κ3) is 9.02. The molecule has 6 heavy (non-hydrogen) atoms. The van der Waals surface area contributed by atoms with Crippen molar-refractivity contribution in [2.75, 3.05) is 0 Å². The van der Waals surface area contributed by atoms with Crippen molar-refractivity contribution in [3.05, 3.63) is 0 Å². The van der Waals surface area contributed by atoms with Gasteiger partial charge in [-0.15, -0.1) is 0 Å². The quantitative estimate of drug-likeness (QED) is 0.500. The van der Waals surface area contributed by atoms with E-state index in [0.717, 1.165) is 0 Å². The van der Waals surface area contributed by atoms with Gasteiger partial charge in [-0.3, -0.25) is 0 Å². The molecule has 0 saturated carbocycles. The first-order chi connectivity index (χ1) is 2.27. The molecule has 0 saturated heterocycles. The van der Waals surface area contributed by atoms with Gasteiger partial charge in [-0.05, 0) is 0 Å². The Balaban J connectivity index is 0. The molecule has 0 bridgehead atoms. The molecule has 0 aromatic carbocycles. The Bertz CT molecular complexity index is 24.8. The Kier molecular flexibility index (Phi) is 11.0. The fourth-order valence-corrected chi connectivity index (χ4v) is 0. The van der Waals surface area contributed by atoms with Crippen LogP contribution >= 0.6 is 16.3 Å². The van der Waals surface area contributed by atoms with E-state index in [4.69, 9.17) is 10.0 Å². The molecule has 0 aliphatic carbocycles. The van der Waals surface area contributed by atoms with Crippen molar-refractivity contribution in [1.82, 2.24) is 0 Å². The Labute approximate surface area is 64.5 Å². The van der Waals surface area contributed by atoms with Crippen molar-refractivity contribution >= 4 is 50.9 Å². The zero-order valence-corrected chi connectivity index (χ0v) is 8.15. The second-order valence-corrected chi connectivity index (χ2v) is 0.752. The van der Waals surface area contributed by atoms with Gasteiger partial charge in [0.05, 0.1) is 23.6 Å². The van der Waals surface area contributed by atoms with E-state index in [1.807, 2.05) is 0 Å². The summed E-state index contributed by atoms with van der Waals surface area (Å²) in [5.41, 5.74) is 0. The van der Waals surface area contributed by atoms with E-state index >= 15 is 0 Å². The number of rotatable bonds is 1. The minimum atomic E-state index is -2.20. The van der Waals surface area contributed by atoms with E-state index < -0.39 is 7.32 Å². The summed E-state index contributed by atoms with van der Waals surface area (Å²) in [6.07, 6.45) is 0. The average molecular weight is 346 g/mol. The largest absolute Gasteiger partial charge is 2.00 e. The smallest absolute Gasteiger partial charge is 0.870 e. The fourth-order valence-electron chi connectivity index (χ4n) is 0. The molecule has 0 atom stereocenters. The van der Waals surface area contributed by atoms with Crippen molar-refractivity contribution in [2.45, 2.75) is 0 Å². The van der Waals surface area contributed by atoms with E-state index in [1.165, 1.54) is 0 Å². The molecule has 0 rings (SSSR count). The molecule has 0 heterocycles. The van der Waals surface area contributed by atoms with Gasteiger partial charge in [-0.2, -0.15) is 0 Å². The van der Waals surface area contributed by atoms with Crippen LogP contribution in [0.2, 0.25) is 0 Å². The number of hydrogen-bond acceptors (Lipinski definition) is 3. The monoisotopic (exact) mass is 346 g/mol. The minimum Gasteiger partial charge on any atom is -0.870 e. The van der Waals surface area contributed by atoms with Crippen molar-refractivity contribution in [1.29, 1.82) is 0 Å². The molecule has 0 unspecified atom stereocenters. The van der Waals surface area contributed by atoms with Crippen LogP contribution in [0.3, 0.4) is 0 Å². The third-order valence-corrected chi connectivity index (χ3v) is 0.378. The predicted octanol–water partition coefficient (Wildman–Crippen LogP) is -2.36. The summed E-state index contributed by atoms with van der Waals surface area (Å²) in [7, 11) is -2.20. The Hall–Kier alpha value is 1.35. The van der Waals surface area contributed by atoms with Crippen LogP contribution in [0.5, 0.6) is 0 Å². The van der Waals surface area contributed by atoms with Crippen LogP contribution in [-0.4, -0.2) is 34.6 Å². The van der Waals surface area contributed by atoms with Crippen molar-refractivity contribution in [2.24, 2.45) is 0 Å². The van der Waals surface area contributed by atoms with Crippen LogP contribution in [0.4, 0.5) is 0 Å². The normalized spacial score (nSPS) is 6.50. The zero-order chi connectivity index (χ0) is 4.28. The summed E-state index contributed by atoms with van der Waals surface area (Å²) in [4.78, 5) is 0. The maximum absolute atomic E-state index is 9.07. The maximum Gasteiger partial charge on any atom is 2.00 e. The van der Waals surface area contributed by atoms with Crippen LogP contribution in [0.1, 0.15) is 0 Å². The molecule has 0 fully saturated rings. The first-order valence-corrected chi connectivity index (χ1v) is 1.51. The second kappa shape index (κ2) is 6.35. The van der Waals surface area contributed by atoms with E-state index in [1.54, 1.807) is 0 Å². The van der Waals surface area contributed by atoms with Crippen molar-refractivity contribution in [3.8, 4) is 0 Å². The van der Waals surface area contributed by atoms with E-state index in [-0.39, 0.29) is 27.3 Å². The average Bonchev–Trinajstić information content (AvgIpc) is 1.38. The minimum absolute atomic E-state index is 0. The van der Waals surface area contributed by atoms with Gasteiger partial charge in [0.15, 0.2) is 0 Å². The SMILES string of the molecule is [O-]B([O-])OBr.[Pb+2]. The number of halogens is 1. The van der Waals surface area contributed by atoms with Crippen LogP contribution in [0, 0.1) is 0 Å². The topological polar surface area (TPSA) is 55.3 Å². The van der Waals surface area contributed by atoms with Crippen LogP contribution in [0.15, 0.2) is 0 Å². The van der Waals surface area contributed by atoms with Crippen LogP contribution in [-0.2, 0) is 3.75 Å². The van der Waals surface area contributed by atoms with Gasteiger partial charge >= 0.3 is 27.3 Å². The van der Waals surface area contributed by atoms with Crippen LogP contribution < -0.4 is 10.0 Å². The van der Waals surface area contributed by atoms with Gasteiger partial charge in [-0.1, -0.05) is 0 Å². The molecule has 32 valence electrons. The summed E-state index contributed by atoms with van der Waals surface area (Å²) in [6, 6.07) is 0. The molecule has 0 amide bonds. The Morgan fingerprint density at radius 3 is 1.67 bits per heavy atom. The van der Waals surface area contributed by atoms with Gasteiger partial charge in [0.1, 0.15) is 0 Å². The first-order valence-electron chi connectivity index (χ1n) is 0.861. The van der Waals surface area contributed by atoms with E-state index in [0.29, 0.717) is 0 Å². The predicted molar refractivity (Wildman–Crippen MR) is 21.5 cm³/mol. The maximum atomic E-state index is 9.07. The zero-order valence-electron chi connectivity index (χ0n) is 2.68. The third-order valence-electron chi connectivity index (χ3n) is 0.0727. The number of hydrogen-bond donors (Lipinski definition) is 0. The summed E-state index contributed by atoms with van der Waals surface area (Å²) in [6.45, 7) is 0. The van der Waals surface area contributed by atoms with Crippen LogP contribution in [0.25, 0.3) is 0 Å². The second-order valence-electron chi connectivity index (χ2n) is 0.378. The molecule has 0 N–H and O–H groups in total. The summed E-state index contributed by atoms with van der Waals surface area (Å²) in [5, 5.41) is 18.1. The van der Waals surface area contributed by atoms with Gasteiger partial charge in [-0.25, -0.2) is 0 Å². The first kappa shape index (κ1) is 10.4. The molecule has 0 aliphatic rings. The molecule has 6 heteroatoms. The van der Waals surface area contributed by atoms with Crippen molar-refractivity contribution < 1.29 is 13.8 Å². The molecule has 0 aromatic heterocycles. The van der Waals surface area contributed by atoms with Gasteiger partial charge in [0, 0.05) is 0 Å². The van der Waals surface area contributed by atoms with Gasteiger partial charge in [0.2, 0.25) is 0 Å². The van der Waals surface area contributed by atoms with E-state index in [9.17, 15) is 0 Å².